The Hall–Kier alpha value is -1.85. The summed E-state index contributed by atoms with van der Waals surface area (Å²) >= 11 is 0. The SMILES string of the molecule is FC(F)(F)C1=C[N]N=C1c1cccnc1. The van der Waals surface area contributed by atoms with Gasteiger partial charge in [-0.1, -0.05) is 0 Å². The lowest BCUT2D eigenvalue weighted by Gasteiger charge is -2.08. The molecule has 2 heterocycles. The van der Waals surface area contributed by atoms with Crippen molar-refractivity contribution in [1.29, 1.82) is 0 Å². The molecule has 0 fully saturated rings. The van der Waals surface area contributed by atoms with Crippen molar-refractivity contribution >= 4 is 5.71 Å². The molecule has 0 saturated heterocycles. The average molecular weight is 212 g/mol. The van der Waals surface area contributed by atoms with Crippen molar-refractivity contribution in [1.82, 2.24) is 10.4 Å². The number of alkyl halides is 3. The molecule has 77 valence electrons. The van der Waals surface area contributed by atoms with Gasteiger partial charge >= 0.3 is 6.18 Å². The number of halogens is 3. The minimum absolute atomic E-state index is 0.185. The Labute approximate surface area is 83.3 Å². The van der Waals surface area contributed by atoms with E-state index < -0.39 is 11.7 Å². The van der Waals surface area contributed by atoms with Gasteiger partial charge in [0, 0.05) is 18.0 Å². The molecule has 0 aromatic carbocycles. The second-order valence-electron chi connectivity index (χ2n) is 2.85. The minimum atomic E-state index is -4.44. The lowest BCUT2D eigenvalue weighted by Crippen LogP contribution is -2.19. The highest BCUT2D eigenvalue weighted by atomic mass is 19.4. The molecule has 1 aliphatic heterocycles. The number of hydrogen-bond donors (Lipinski definition) is 0. The van der Waals surface area contributed by atoms with Gasteiger partial charge in [-0.3, -0.25) is 4.98 Å². The third-order valence-electron chi connectivity index (χ3n) is 1.84. The quantitative estimate of drug-likeness (QED) is 0.700. The van der Waals surface area contributed by atoms with Crippen LogP contribution in [-0.4, -0.2) is 16.9 Å². The van der Waals surface area contributed by atoms with E-state index >= 15 is 0 Å². The standard InChI is InChI=1S/C9H5F3N3/c10-9(11,12)7-5-14-15-8(7)6-2-1-3-13-4-6/h1-5H. The van der Waals surface area contributed by atoms with Crippen molar-refractivity contribution in [2.75, 3.05) is 0 Å². The van der Waals surface area contributed by atoms with Gasteiger partial charge in [0.15, 0.2) is 0 Å². The summed E-state index contributed by atoms with van der Waals surface area (Å²) in [5, 5.41) is 3.44. The highest BCUT2D eigenvalue weighted by Crippen LogP contribution is 2.30. The summed E-state index contributed by atoms with van der Waals surface area (Å²) in [5.41, 5.74) is 2.55. The summed E-state index contributed by atoms with van der Waals surface area (Å²) in [6, 6.07) is 3.05. The van der Waals surface area contributed by atoms with Gasteiger partial charge in [-0.15, -0.1) is 5.10 Å². The van der Waals surface area contributed by atoms with Gasteiger partial charge in [-0.2, -0.15) is 18.6 Å². The Morgan fingerprint density at radius 3 is 2.60 bits per heavy atom. The van der Waals surface area contributed by atoms with Gasteiger partial charge in [0.2, 0.25) is 0 Å². The predicted molar refractivity (Wildman–Crippen MR) is 47.0 cm³/mol. The van der Waals surface area contributed by atoms with Crippen LogP contribution in [0.15, 0.2) is 41.4 Å². The summed E-state index contributed by atoms with van der Waals surface area (Å²) in [5.74, 6) is 0. The number of nitrogens with zero attached hydrogens (tertiary/aromatic N) is 3. The highest BCUT2D eigenvalue weighted by molar-refractivity contribution is 6.14. The third-order valence-corrected chi connectivity index (χ3v) is 1.84. The molecular formula is C9H5F3N3. The first-order valence-electron chi connectivity index (χ1n) is 4.05. The van der Waals surface area contributed by atoms with Gasteiger partial charge < -0.3 is 0 Å². The molecule has 0 saturated carbocycles. The lowest BCUT2D eigenvalue weighted by atomic mass is 10.1. The molecule has 1 aromatic heterocycles. The summed E-state index contributed by atoms with van der Waals surface area (Å²) in [7, 11) is 0. The van der Waals surface area contributed by atoms with E-state index in [4.69, 9.17) is 0 Å². The Morgan fingerprint density at radius 1 is 1.20 bits per heavy atom. The first-order chi connectivity index (χ1) is 7.09. The van der Waals surface area contributed by atoms with E-state index in [1.807, 2.05) is 0 Å². The molecule has 0 unspecified atom stereocenters. The number of rotatable bonds is 1. The molecule has 6 heteroatoms. The van der Waals surface area contributed by atoms with Crippen LogP contribution in [-0.2, 0) is 0 Å². The van der Waals surface area contributed by atoms with Crippen LogP contribution in [0.25, 0.3) is 0 Å². The molecule has 1 radical (unpaired) electrons. The fourth-order valence-electron chi connectivity index (χ4n) is 1.18. The summed E-state index contributed by atoms with van der Waals surface area (Å²) in [6.07, 6.45) is -0.927. The van der Waals surface area contributed by atoms with Crippen molar-refractivity contribution in [3.63, 3.8) is 0 Å². The third kappa shape index (κ3) is 1.83. The molecule has 0 bridgehead atoms. The fourth-order valence-corrected chi connectivity index (χ4v) is 1.18. The Balaban J connectivity index is 2.37. The Bertz CT molecular complexity index is 420. The number of hydrogen-bond acceptors (Lipinski definition) is 2. The summed E-state index contributed by atoms with van der Waals surface area (Å²) in [4.78, 5) is 3.73. The van der Waals surface area contributed by atoms with E-state index in [1.54, 1.807) is 6.07 Å². The van der Waals surface area contributed by atoms with Crippen LogP contribution in [0, 0.1) is 0 Å². The molecule has 0 aliphatic carbocycles. The topological polar surface area (TPSA) is 39.4 Å². The number of aromatic nitrogens is 1. The maximum absolute atomic E-state index is 12.5. The van der Waals surface area contributed by atoms with Crippen molar-refractivity contribution in [2.24, 2.45) is 5.10 Å². The van der Waals surface area contributed by atoms with Crippen LogP contribution in [0.4, 0.5) is 13.2 Å². The van der Waals surface area contributed by atoms with E-state index in [-0.39, 0.29) is 5.71 Å². The zero-order chi connectivity index (χ0) is 10.9. The van der Waals surface area contributed by atoms with Crippen LogP contribution >= 0.6 is 0 Å². The van der Waals surface area contributed by atoms with Gasteiger partial charge in [-0.25, -0.2) is 0 Å². The molecule has 2 rings (SSSR count). The van der Waals surface area contributed by atoms with Crippen molar-refractivity contribution in [3.05, 3.63) is 41.9 Å². The predicted octanol–water partition coefficient (Wildman–Crippen LogP) is 1.85. The van der Waals surface area contributed by atoms with Crippen LogP contribution in [0.1, 0.15) is 5.56 Å². The first-order valence-corrected chi connectivity index (χ1v) is 4.05. The molecule has 15 heavy (non-hydrogen) atoms. The second-order valence-corrected chi connectivity index (χ2v) is 2.85. The van der Waals surface area contributed by atoms with E-state index in [2.05, 4.69) is 15.5 Å². The minimum Gasteiger partial charge on any atom is -0.264 e. The van der Waals surface area contributed by atoms with Crippen molar-refractivity contribution in [3.8, 4) is 0 Å². The van der Waals surface area contributed by atoms with E-state index in [9.17, 15) is 13.2 Å². The van der Waals surface area contributed by atoms with Crippen molar-refractivity contribution in [2.45, 2.75) is 6.18 Å². The highest BCUT2D eigenvalue weighted by Gasteiger charge is 2.39. The lowest BCUT2D eigenvalue weighted by molar-refractivity contribution is -0.0859. The zero-order valence-corrected chi connectivity index (χ0v) is 7.36. The Kier molecular flexibility index (Phi) is 2.18. The van der Waals surface area contributed by atoms with Crippen LogP contribution in [0.3, 0.4) is 0 Å². The fraction of sp³-hybridized carbons (Fsp3) is 0.111. The van der Waals surface area contributed by atoms with Gasteiger partial charge in [-0.05, 0) is 12.1 Å². The van der Waals surface area contributed by atoms with Crippen LogP contribution < -0.4 is 5.43 Å². The van der Waals surface area contributed by atoms with Gasteiger partial charge in [0.1, 0.15) is 11.3 Å². The van der Waals surface area contributed by atoms with E-state index in [0.717, 1.165) is 0 Å². The molecule has 0 spiro atoms. The maximum atomic E-state index is 12.5. The van der Waals surface area contributed by atoms with E-state index in [1.165, 1.54) is 18.5 Å². The van der Waals surface area contributed by atoms with E-state index in [0.29, 0.717) is 11.8 Å². The van der Waals surface area contributed by atoms with Crippen molar-refractivity contribution < 1.29 is 13.2 Å². The first kappa shape index (κ1) is 9.70. The second kappa shape index (κ2) is 3.38. The van der Waals surface area contributed by atoms with Gasteiger partial charge in [0.05, 0.1) is 6.20 Å². The number of pyridine rings is 1. The molecule has 0 amide bonds. The normalized spacial score (nSPS) is 15.7. The maximum Gasteiger partial charge on any atom is 0.420 e. The Morgan fingerprint density at radius 2 is 2.00 bits per heavy atom. The molecule has 0 N–H and O–H groups in total. The number of allylic oxidation sites excluding steroid dienone is 1. The summed E-state index contributed by atoms with van der Waals surface area (Å²) < 4.78 is 37.4. The zero-order valence-electron chi connectivity index (χ0n) is 7.36. The molecule has 0 atom stereocenters. The van der Waals surface area contributed by atoms with Gasteiger partial charge in [0.25, 0.3) is 0 Å². The molecule has 1 aliphatic rings. The van der Waals surface area contributed by atoms with Crippen LogP contribution in [0.5, 0.6) is 0 Å². The monoisotopic (exact) mass is 212 g/mol. The largest absolute Gasteiger partial charge is 0.420 e. The average Bonchev–Trinajstić information content (AvgIpc) is 2.67. The molecule has 3 nitrogen and oxygen atoms in total. The van der Waals surface area contributed by atoms with Crippen LogP contribution in [0.2, 0.25) is 0 Å². The molecule has 1 aromatic rings. The molecular weight excluding hydrogens is 207 g/mol. The summed E-state index contributed by atoms with van der Waals surface area (Å²) in [6.45, 7) is 0. The smallest absolute Gasteiger partial charge is 0.264 e.